The van der Waals surface area contributed by atoms with Crippen molar-refractivity contribution in [2.45, 2.75) is 32.3 Å². The predicted octanol–water partition coefficient (Wildman–Crippen LogP) is 5.13. The maximum atomic E-state index is 13.0. The van der Waals surface area contributed by atoms with Crippen molar-refractivity contribution in [3.05, 3.63) is 60.4 Å². The van der Waals surface area contributed by atoms with E-state index in [1.807, 2.05) is 47.4 Å². The number of carbonyl (C=O) groups is 1. The van der Waals surface area contributed by atoms with Crippen molar-refractivity contribution in [1.29, 1.82) is 0 Å². The third-order valence-electron chi connectivity index (χ3n) is 5.12. The first-order valence-electron chi connectivity index (χ1n) is 9.73. The van der Waals surface area contributed by atoms with Gasteiger partial charge in [0, 0.05) is 30.6 Å². The Bertz CT molecular complexity index is 930. The van der Waals surface area contributed by atoms with Crippen LogP contribution in [0.5, 0.6) is 0 Å². The number of ether oxygens (including phenoxy) is 1. The number of likely N-dealkylation sites (tertiary alicyclic amines) is 1. The Hall–Kier alpha value is -2.59. The number of benzene rings is 2. The Balaban J connectivity index is 1.53. The van der Waals surface area contributed by atoms with Gasteiger partial charge in [-0.1, -0.05) is 25.1 Å². The fourth-order valence-corrected chi connectivity index (χ4v) is 3.70. The van der Waals surface area contributed by atoms with Gasteiger partial charge in [-0.3, -0.25) is 4.79 Å². The van der Waals surface area contributed by atoms with Gasteiger partial charge in [0.1, 0.15) is 5.58 Å². The number of hydrogen-bond donors (Lipinski definition) is 0. The number of fused-ring (bicyclic) bond motifs is 1. The zero-order chi connectivity index (χ0) is 18.6. The maximum absolute atomic E-state index is 13.0. The van der Waals surface area contributed by atoms with Crippen LogP contribution < -0.4 is 0 Å². The van der Waals surface area contributed by atoms with Crippen LogP contribution in [-0.2, 0) is 4.74 Å². The number of amides is 1. The molecule has 3 aromatic rings. The average Bonchev–Trinajstić information content (AvgIpc) is 3.20. The van der Waals surface area contributed by atoms with Gasteiger partial charge in [0.25, 0.3) is 5.91 Å². The minimum Gasteiger partial charge on any atom is -0.464 e. The zero-order valence-electron chi connectivity index (χ0n) is 15.7. The molecule has 4 rings (SSSR count). The summed E-state index contributed by atoms with van der Waals surface area (Å²) in [6.07, 6.45) is 4.90. The highest BCUT2D eigenvalue weighted by Gasteiger charge is 2.25. The summed E-state index contributed by atoms with van der Waals surface area (Å²) in [4.78, 5) is 15.0. The first-order chi connectivity index (χ1) is 13.2. The topological polar surface area (TPSA) is 42.7 Å². The van der Waals surface area contributed by atoms with Crippen LogP contribution in [0.2, 0.25) is 0 Å². The van der Waals surface area contributed by atoms with E-state index in [1.165, 1.54) is 0 Å². The predicted molar refractivity (Wildman–Crippen MR) is 107 cm³/mol. The molecule has 0 radical (unpaired) electrons. The highest BCUT2D eigenvalue weighted by Crippen LogP contribution is 2.26. The number of hydrogen-bond acceptors (Lipinski definition) is 3. The van der Waals surface area contributed by atoms with E-state index < -0.39 is 0 Å². The monoisotopic (exact) mass is 363 g/mol. The maximum Gasteiger partial charge on any atom is 0.253 e. The second-order valence-corrected chi connectivity index (χ2v) is 7.14. The Morgan fingerprint density at radius 1 is 1.19 bits per heavy atom. The van der Waals surface area contributed by atoms with Gasteiger partial charge < -0.3 is 14.1 Å². The molecule has 140 valence electrons. The molecule has 1 amide bonds. The summed E-state index contributed by atoms with van der Waals surface area (Å²) in [5.74, 6) is 0.0889. The molecule has 0 saturated carbocycles. The van der Waals surface area contributed by atoms with Gasteiger partial charge in [0.15, 0.2) is 0 Å². The van der Waals surface area contributed by atoms with E-state index in [0.29, 0.717) is 6.54 Å². The molecule has 4 heteroatoms. The van der Waals surface area contributed by atoms with Gasteiger partial charge in [-0.15, -0.1) is 0 Å². The molecule has 1 saturated heterocycles. The van der Waals surface area contributed by atoms with Gasteiger partial charge in [-0.05, 0) is 60.7 Å². The van der Waals surface area contributed by atoms with E-state index in [9.17, 15) is 4.79 Å². The number of piperidine rings is 1. The van der Waals surface area contributed by atoms with Crippen LogP contribution in [0, 0.1) is 0 Å². The molecule has 1 fully saturated rings. The van der Waals surface area contributed by atoms with Crippen LogP contribution in [-0.4, -0.2) is 36.6 Å². The second kappa shape index (κ2) is 7.97. The fraction of sp³-hybridized carbons (Fsp3) is 0.348. The first-order valence-corrected chi connectivity index (χ1v) is 9.73. The number of rotatable bonds is 5. The molecule has 0 N–H and O–H groups in total. The van der Waals surface area contributed by atoms with Gasteiger partial charge in [0.05, 0.1) is 12.4 Å². The molecular weight excluding hydrogens is 338 g/mol. The number of carbonyl (C=O) groups excluding carboxylic acids is 1. The minimum absolute atomic E-state index is 0.0889. The van der Waals surface area contributed by atoms with Crippen molar-refractivity contribution in [1.82, 2.24) is 4.90 Å². The lowest BCUT2D eigenvalue weighted by molar-refractivity contribution is 0.00211. The van der Waals surface area contributed by atoms with Gasteiger partial charge >= 0.3 is 0 Å². The standard InChI is InChI=1S/C23H25NO3/c1-2-12-26-21-7-4-11-24(16-21)23(25)20-6-3-5-17(15-20)18-8-9-22-19(14-18)10-13-27-22/h3,5-6,8-10,13-15,21H,2,4,7,11-12,16H2,1H3/t21-/m1/s1. The Kier molecular flexibility index (Phi) is 5.26. The van der Waals surface area contributed by atoms with E-state index in [-0.39, 0.29) is 12.0 Å². The summed E-state index contributed by atoms with van der Waals surface area (Å²) in [7, 11) is 0. The molecule has 2 heterocycles. The largest absolute Gasteiger partial charge is 0.464 e. The van der Waals surface area contributed by atoms with Crippen LogP contribution in [0.4, 0.5) is 0 Å². The van der Waals surface area contributed by atoms with Gasteiger partial charge in [0.2, 0.25) is 0 Å². The molecular formula is C23H25NO3. The van der Waals surface area contributed by atoms with E-state index in [0.717, 1.165) is 60.1 Å². The summed E-state index contributed by atoms with van der Waals surface area (Å²) < 4.78 is 11.3. The fourth-order valence-electron chi connectivity index (χ4n) is 3.70. The lowest BCUT2D eigenvalue weighted by Crippen LogP contribution is -2.43. The first kappa shape index (κ1) is 17.8. The summed E-state index contributed by atoms with van der Waals surface area (Å²) in [6.45, 7) is 4.36. The Morgan fingerprint density at radius 2 is 2.07 bits per heavy atom. The summed E-state index contributed by atoms with van der Waals surface area (Å²) in [5.41, 5.74) is 3.73. The molecule has 0 bridgehead atoms. The van der Waals surface area contributed by atoms with Crippen molar-refractivity contribution in [2.75, 3.05) is 19.7 Å². The van der Waals surface area contributed by atoms with E-state index in [4.69, 9.17) is 9.15 Å². The summed E-state index contributed by atoms with van der Waals surface area (Å²) >= 11 is 0. The average molecular weight is 363 g/mol. The van der Waals surface area contributed by atoms with Crippen LogP contribution in [0.1, 0.15) is 36.5 Å². The van der Waals surface area contributed by atoms with Crippen molar-refractivity contribution >= 4 is 16.9 Å². The number of furan rings is 1. The Morgan fingerprint density at radius 3 is 2.96 bits per heavy atom. The molecule has 0 unspecified atom stereocenters. The molecule has 1 aromatic heterocycles. The Labute approximate surface area is 159 Å². The quantitative estimate of drug-likeness (QED) is 0.631. The summed E-state index contributed by atoms with van der Waals surface area (Å²) in [6, 6.07) is 15.9. The molecule has 0 spiro atoms. The van der Waals surface area contributed by atoms with Gasteiger partial charge in [-0.25, -0.2) is 0 Å². The molecule has 0 aliphatic carbocycles. The molecule has 27 heavy (non-hydrogen) atoms. The smallest absolute Gasteiger partial charge is 0.253 e. The lowest BCUT2D eigenvalue weighted by atomic mass is 10.0. The van der Waals surface area contributed by atoms with Crippen molar-refractivity contribution in [3.8, 4) is 11.1 Å². The second-order valence-electron chi connectivity index (χ2n) is 7.14. The van der Waals surface area contributed by atoms with Crippen LogP contribution in [0.15, 0.2) is 59.2 Å². The highest BCUT2D eigenvalue weighted by atomic mass is 16.5. The van der Waals surface area contributed by atoms with Crippen molar-refractivity contribution < 1.29 is 13.9 Å². The molecule has 1 aliphatic heterocycles. The van der Waals surface area contributed by atoms with Crippen molar-refractivity contribution in [3.63, 3.8) is 0 Å². The van der Waals surface area contributed by atoms with Crippen LogP contribution >= 0.6 is 0 Å². The SMILES string of the molecule is CCCO[C@@H]1CCCN(C(=O)c2cccc(-c3ccc4occc4c3)c2)C1. The van der Waals surface area contributed by atoms with Crippen LogP contribution in [0.25, 0.3) is 22.1 Å². The molecule has 1 aliphatic rings. The van der Waals surface area contributed by atoms with Crippen molar-refractivity contribution in [2.24, 2.45) is 0 Å². The molecule has 4 nitrogen and oxygen atoms in total. The van der Waals surface area contributed by atoms with Crippen LogP contribution in [0.3, 0.4) is 0 Å². The third-order valence-corrected chi connectivity index (χ3v) is 5.12. The minimum atomic E-state index is 0.0889. The summed E-state index contributed by atoms with van der Waals surface area (Å²) in [5, 5.41) is 1.07. The molecule has 2 aromatic carbocycles. The number of nitrogens with zero attached hydrogens (tertiary/aromatic N) is 1. The lowest BCUT2D eigenvalue weighted by Gasteiger charge is -2.32. The van der Waals surface area contributed by atoms with E-state index in [1.54, 1.807) is 6.26 Å². The highest BCUT2D eigenvalue weighted by molar-refractivity contribution is 5.96. The zero-order valence-corrected chi connectivity index (χ0v) is 15.7. The van der Waals surface area contributed by atoms with Gasteiger partial charge in [-0.2, -0.15) is 0 Å². The van der Waals surface area contributed by atoms with E-state index >= 15 is 0 Å². The normalized spacial score (nSPS) is 17.4. The molecule has 1 atom stereocenters. The third kappa shape index (κ3) is 3.91. The van der Waals surface area contributed by atoms with E-state index in [2.05, 4.69) is 13.0 Å².